The largest absolute Gasteiger partial charge is 0.322 e. The van der Waals surface area contributed by atoms with Gasteiger partial charge in [-0.3, -0.25) is 0 Å². The van der Waals surface area contributed by atoms with E-state index in [1.165, 1.54) is 0 Å². The van der Waals surface area contributed by atoms with Crippen LogP contribution in [0.25, 0.3) is 11.3 Å². The molecule has 2 heterocycles. The second kappa shape index (κ2) is 5.97. The topological polar surface area (TPSA) is 30.7 Å². The molecular formula is C14H10Cl3N3S. The predicted octanol–water partition coefficient (Wildman–Crippen LogP) is 5.09. The van der Waals surface area contributed by atoms with Gasteiger partial charge in [0.25, 0.3) is 0 Å². The first-order valence-corrected chi connectivity index (χ1v) is 8.12. The van der Waals surface area contributed by atoms with Gasteiger partial charge in [0.1, 0.15) is 16.0 Å². The fraction of sp³-hybridized carbons (Fsp3) is 0.143. The molecule has 2 aromatic heterocycles. The van der Waals surface area contributed by atoms with Gasteiger partial charge in [0.2, 0.25) is 0 Å². The van der Waals surface area contributed by atoms with Crippen LogP contribution in [0.5, 0.6) is 0 Å². The number of benzene rings is 1. The predicted molar refractivity (Wildman–Crippen MR) is 88.6 cm³/mol. The van der Waals surface area contributed by atoms with Crippen LogP contribution in [-0.4, -0.2) is 14.5 Å². The van der Waals surface area contributed by atoms with E-state index in [9.17, 15) is 0 Å². The normalized spacial score (nSPS) is 11.0. The maximum atomic E-state index is 6.04. The van der Waals surface area contributed by atoms with E-state index in [2.05, 4.69) is 9.97 Å². The van der Waals surface area contributed by atoms with E-state index in [-0.39, 0.29) is 0 Å². The fourth-order valence-corrected chi connectivity index (χ4v) is 3.15. The molecule has 0 unspecified atom stereocenters. The number of aromatic nitrogens is 3. The molecule has 0 radical (unpaired) electrons. The quantitative estimate of drug-likeness (QED) is 0.652. The highest BCUT2D eigenvalue weighted by Gasteiger charge is 2.10. The lowest BCUT2D eigenvalue weighted by atomic mass is 10.2. The van der Waals surface area contributed by atoms with Crippen LogP contribution in [0.2, 0.25) is 15.2 Å². The van der Waals surface area contributed by atoms with Crippen LogP contribution in [0.3, 0.4) is 0 Å². The molecule has 0 saturated carbocycles. The highest BCUT2D eigenvalue weighted by Crippen LogP contribution is 2.29. The van der Waals surface area contributed by atoms with Gasteiger partial charge in [0.05, 0.1) is 28.4 Å². The SMILES string of the molecule is Cn1c(Cl)cnc1Cc1nc(-c2ccc(Cl)c(Cl)c2)cs1. The van der Waals surface area contributed by atoms with Gasteiger partial charge in [-0.2, -0.15) is 0 Å². The molecule has 0 N–H and O–H groups in total. The molecule has 7 heteroatoms. The molecule has 0 bridgehead atoms. The smallest absolute Gasteiger partial charge is 0.128 e. The van der Waals surface area contributed by atoms with E-state index < -0.39 is 0 Å². The number of nitrogens with zero attached hydrogens (tertiary/aromatic N) is 3. The Bertz CT molecular complexity index is 795. The molecule has 3 aromatic rings. The molecule has 3 rings (SSSR count). The Morgan fingerprint density at radius 3 is 2.67 bits per heavy atom. The van der Waals surface area contributed by atoms with Gasteiger partial charge < -0.3 is 4.57 Å². The van der Waals surface area contributed by atoms with Crippen LogP contribution in [0.15, 0.2) is 29.8 Å². The molecule has 1 aromatic carbocycles. The molecule has 0 fully saturated rings. The van der Waals surface area contributed by atoms with Crippen molar-refractivity contribution in [2.24, 2.45) is 7.05 Å². The van der Waals surface area contributed by atoms with Gasteiger partial charge in [0.15, 0.2) is 0 Å². The molecule has 0 spiro atoms. The summed E-state index contributed by atoms with van der Waals surface area (Å²) in [5.74, 6) is 0.884. The van der Waals surface area contributed by atoms with Crippen molar-refractivity contribution in [3.05, 3.63) is 55.8 Å². The van der Waals surface area contributed by atoms with E-state index in [1.54, 1.807) is 23.6 Å². The molecule has 0 saturated heterocycles. The van der Waals surface area contributed by atoms with Crippen LogP contribution in [0.1, 0.15) is 10.8 Å². The third kappa shape index (κ3) is 3.09. The van der Waals surface area contributed by atoms with E-state index in [0.29, 0.717) is 21.6 Å². The second-order valence-corrected chi connectivity index (χ2v) is 6.63. The molecule has 0 aliphatic heterocycles. The fourth-order valence-electron chi connectivity index (χ4n) is 1.90. The van der Waals surface area contributed by atoms with Gasteiger partial charge in [-0.1, -0.05) is 40.9 Å². The summed E-state index contributed by atoms with van der Waals surface area (Å²) in [5, 5.41) is 4.66. The number of halogens is 3. The van der Waals surface area contributed by atoms with Crippen LogP contribution in [0.4, 0.5) is 0 Å². The van der Waals surface area contributed by atoms with Crippen molar-refractivity contribution in [3.8, 4) is 11.3 Å². The zero-order valence-corrected chi connectivity index (χ0v) is 14.1. The van der Waals surface area contributed by atoms with Crippen molar-refractivity contribution in [1.82, 2.24) is 14.5 Å². The number of hydrogen-bond donors (Lipinski definition) is 0. The number of rotatable bonds is 3. The van der Waals surface area contributed by atoms with E-state index in [1.807, 2.05) is 29.1 Å². The summed E-state index contributed by atoms with van der Waals surface area (Å²) >= 11 is 19.5. The Morgan fingerprint density at radius 1 is 1.19 bits per heavy atom. The Labute approximate surface area is 141 Å². The molecule has 0 aliphatic carbocycles. The Hall–Kier alpha value is -1.07. The van der Waals surface area contributed by atoms with Crippen molar-refractivity contribution in [2.75, 3.05) is 0 Å². The average molecular weight is 359 g/mol. The van der Waals surface area contributed by atoms with Gasteiger partial charge in [-0.25, -0.2) is 9.97 Å². The van der Waals surface area contributed by atoms with E-state index >= 15 is 0 Å². The Kier molecular flexibility index (Phi) is 4.22. The molecule has 0 atom stereocenters. The zero-order chi connectivity index (χ0) is 15.0. The lowest BCUT2D eigenvalue weighted by Gasteiger charge is -2.00. The highest BCUT2D eigenvalue weighted by molar-refractivity contribution is 7.10. The molecule has 21 heavy (non-hydrogen) atoms. The van der Waals surface area contributed by atoms with Gasteiger partial charge in [-0.15, -0.1) is 11.3 Å². The van der Waals surface area contributed by atoms with Crippen molar-refractivity contribution in [3.63, 3.8) is 0 Å². The van der Waals surface area contributed by atoms with Gasteiger partial charge in [0, 0.05) is 18.0 Å². The molecule has 0 amide bonds. The first kappa shape index (κ1) is 14.9. The third-order valence-electron chi connectivity index (χ3n) is 3.10. The van der Waals surface area contributed by atoms with Crippen molar-refractivity contribution < 1.29 is 0 Å². The van der Waals surface area contributed by atoms with Crippen LogP contribution in [0, 0.1) is 0 Å². The van der Waals surface area contributed by atoms with E-state index in [4.69, 9.17) is 34.8 Å². The minimum absolute atomic E-state index is 0.527. The number of thiazole rings is 1. The minimum Gasteiger partial charge on any atom is -0.322 e. The third-order valence-corrected chi connectivity index (χ3v) is 5.04. The molecule has 0 aliphatic rings. The zero-order valence-electron chi connectivity index (χ0n) is 11.0. The van der Waals surface area contributed by atoms with Crippen molar-refractivity contribution in [2.45, 2.75) is 6.42 Å². The maximum absolute atomic E-state index is 6.04. The summed E-state index contributed by atoms with van der Waals surface area (Å²) in [6.45, 7) is 0. The monoisotopic (exact) mass is 357 g/mol. The second-order valence-electron chi connectivity index (χ2n) is 4.49. The minimum atomic E-state index is 0.527. The number of imidazole rings is 1. The summed E-state index contributed by atoms with van der Waals surface area (Å²) in [6.07, 6.45) is 2.29. The lowest BCUT2D eigenvalue weighted by Crippen LogP contribution is -1.99. The van der Waals surface area contributed by atoms with Gasteiger partial charge in [-0.05, 0) is 12.1 Å². The summed E-state index contributed by atoms with van der Waals surface area (Å²) < 4.78 is 1.85. The highest BCUT2D eigenvalue weighted by atomic mass is 35.5. The summed E-state index contributed by atoms with van der Waals surface area (Å²) in [7, 11) is 1.89. The van der Waals surface area contributed by atoms with Crippen molar-refractivity contribution in [1.29, 1.82) is 0 Å². The molecule has 3 nitrogen and oxygen atoms in total. The number of hydrogen-bond acceptors (Lipinski definition) is 3. The molecule has 108 valence electrons. The standard InChI is InChI=1S/C14H10Cl3N3S/c1-20-12(17)6-18-13(20)5-14-19-11(7-21-14)8-2-3-9(15)10(16)4-8/h2-4,6-7H,5H2,1H3. The summed E-state index contributed by atoms with van der Waals surface area (Å²) in [4.78, 5) is 8.89. The van der Waals surface area contributed by atoms with Crippen LogP contribution in [-0.2, 0) is 13.5 Å². The lowest BCUT2D eigenvalue weighted by molar-refractivity contribution is 0.820. The Balaban J connectivity index is 1.86. The van der Waals surface area contributed by atoms with Crippen LogP contribution >= 0.6 is 46.1 Å². The van der Waals surface area contributed by atoms with Crippen LogP contribution < -0.4 is 0 Å². The average Bonchev–Trinajstić information content (AvgIpc) is 3.04. The first-order chi connectivity index (χ1) is 10.0. The summed E-state index contributed by atoms with van der Waals surface area (Å²) in [6, 6.07) is 5.50. The molecular weight excluding hydrogens is 349 g/mol. The van der Waals surface area contributed by atoms with E-state index in [0.717, 1.165) is 22.1 Å². The first-order valence-electron chi connectivity index (χ1n) is 6.10. The Morgan fingerprint density at radius 2 is 2.00 bits per heavy atom. The summed E-state index contributed by atoms with van der Waals surface area (Å²) in [5.41, 5.74) is 1.83. The van der Waals surface area contributed by atoms with Gasteiger partial charge >= 0.3 is 0 Å². The van der Waals surface area contributed by atoms with Crippen molar-refractivity contribution >= 4 is 46.1 Å². The maximum Gasteiger partial charge on any atom is 0.128 e.